The zero-order chi connectivity index (χ0) is 13.7. The van der Waals surface area contributed by atoms with Crippen molar-refractivity contribution in [2.75, 3.05) is 11.9 Å². The molecule has 0 aliphatic heterocycles. The summed E-state index contributed by atoms with van der Waals surface area (Å²) in [6.07, 6.45) is 2.81. The molecule has 0 saturated carbocycles. The quantitative estimate of drug-likeness (QED) is 0.910. The van der Waals surface area contributed by atoms with Gasteiger partial charge in [0.1, 0.15) is 23.0 Å². The van der Waals surface area contributed by atoms with Gasteiger partial charge in [-0.05, 0) is 24.5 Å². The van der Waals surface area contributed by atoms with E-state index in [1.807, 2.05) is 13.0 Å². The summed E-state index contributed by atoms with van der Waals surface area (Å²) in [6, 6.07) is 6.74. The van der Waals surface area contributed by atoms with Crippen molar-refractivity contribution in [3.8, 4) is 0 Å². The smallest absolute Gasteiger partial charge is 0.148 e. The molecule has 2 rings (SSSR count). The molecule has 1 N–H and O–H groups in total. The van der Waals surface area contributed by atoms with Gasteiger partial charge in [-0.1, -0.05) is 36.7 Å². The third kappa shape index (κ3) is 3.41. The van der Waals surface area contributed by atoms with Gasteiger partial charge in [-0.25, -0.2) is 14.4 Å². The van der Waals surface area contributed by atoms with Crippen molar-refractivity contribution in [1.29, 1.82) is 0 Å². The van der Waals surface area contributed by atoms with Crippen LogP contribution in [-0.2, 0) is 12.8 Å². The molecule has 0 aliphatic rings. The van der Waals surface area contributed by atoms with Gasteiger partial charge in [-0.3, -0.25) is 0 Å². The molecule has 5 heteroatoms. The molecule has 1 heterocycles. The van der Waals surface area contributed by atoms with Crippen molar-refractivity contribution in [3.63, 3.8) is 0 Å². The zero-order valence-electron chi connectivity index (χ0n) is 10.7. The first-order valence-electron chi connectivity index (χ1n) is 6.19. The Hall–Kier alpha value is -1.68. The Kier molecular flexibility index (Phi) is 4.68. The SMILES string of the molecule is CCc1ncnc(NCCc2ccccc2F)c1Cl. The van der Waals surface area contributed by atoms with E-state index >= 15 is 0 Å². The lowest BCUT2D eigenvalue weighted by Gasteiger charge is -2.09. The predicted molar refractivity (Wildman–Crippen MR) is 75.0 cm³/mol. The fraction of sp³-hybridized carbons (Fsp3) is 0.286. The molecule has 0 saturated heterocycles. The summed E-state index contributed by atoms with van der Waals surface area (Å²) in [6.45, 7) is 2.55. The van der Waals surface area contributed by atoms with Gasteiger partial charge in [0.15, 0.2) is 0 Å². The standard InChI is InChI=1S/C14H15ClFN3/c1-2-12-13(15)14(19-9-18-12)17-8-7-10-5-3-4-6-11(10)16/h3-6,9H,2,7-8H2,1H3,(H,17,18,19). The maximum atomic E-state index is 13.4. The van der Waals surface area contributed by atoms with Crippen molar-refractivity contribution in [2.45, 2.75) is 19.8 Å². The van der Waals surface area contributed by atoms with E-state index in [-0.39, 0.29) is 5.82 Å². The average Bonchev–Trinajstić information content (AvgIpc) is 2.43. The molecule has 0 fully saturated rings. The highest BCUT2D eigenvalue weighted by atomic mass is 35.5. The number of halogens is 2. The maximum Gasteiger partial charge on any atom is 0.148 e. The lowest BCUT2D eigenvalue weighted by Crippen LogP contribution is -2.09. The molecule has 0 bridgehead atoms. The van der Waals surface area contributed by atoms with Crippen molar-refractivity contribution in [2.24, 2.45) is 0 Å². The Bertz CT molecular complexity index is 560. The number of nitrogens with one attached hydrogen (secondary N) is 1. The molecule has 1 aromatic carbocycles. The van der Waals surface area contributed by atoms with Gasteiger partial charge in [0.2, 0.25) is 0 Å². The topological polar surface area (TPSA) is 37.8 Å². The minimum Gasteiger partial charge on any atom is -0.368 e. The first kappa shape index (κ1) is 13.7. The van der Waals surface area contributed by atoms with Crippen LogP contribution in [0, 0.1) is 5.82 Å². The van der Waals surface area contributed by atoms with Gasteiger partial charge in [-0.2, -0.15) is 0 Å². The fourth-order valence-electron chi connectivity index (χ4n) is 1.79. The number of aromatic nitrogens is 2. The van der Waals surface area contributed by atoms with E-state index < -0.39 is 0 Å². The highest BCUT2D eigenvalue weighted by Crippen LogP contribution is 2.21. The molecule has 2 aromatic rings. The second-order valence-electron chi connectivity index (χ2n) is 4.10. The molecular weight excluding hydrogens is 265 g/mol. The van der Waals surface area contributed by atoms with Gasteiger partial charge in [0.05, 0.1) is 5.69 Å². The van der Waals surface area contributed by atoms with Gasteiger partial charge < -0.3 is 5.32 Å². The fourth-order valence-corrected chi connectivity index (χ4v) is 2.09. The molecule has 19 heavy (non-hydrogen) atoms. The Morgan fingerprint density at radius 2 is 2.05 bits per heavy atom. The number of hydrogen-bond donors (Lipinski definition) is 1. The number of aryl methyl sites for hydroxylation is 1. The van der Waals surface area contributed by atoms with Crippen molar-refractivity contribution < 1.29 is 4.39 Å². The second kappa shape index (κ2) is 6.48. The molecule has 0 unspecified atom stereocenters. The van der Waals surface area contributed by atoms with E-state index in [4.69, 9.17) is 11.6 Å². The normalized spacial score (nSPS) is 10.5. The first-order valence-corrected chi connectivity index (χ1v) is 6.56. The van der Waals surface area contributed by atoms with Crippen molar-refractivity contribution in [1.82, 2.24) is 9.97 Å². The van der Waals surface area contributed by atoms with Gasteiger partial charge in [-0.15, -0.1) is 0 Å². The lowest BCUT2D eigenvalue weighted by molar-refractivity contribution is 0.610. The Morgan fingerprint density at radius 1 is 1.26 bits per heavy atom. The Balaban J connectivity index is 1.98. The average molecular weight is 280 g/mol. The minimum atomic E-state index is -0.188. The van der Waals surface area contributed by atoms with Crippen LogP contribution in [0.3, 0.4) is 0 Å². The Labute approximate surface area is 116 Å². The van der Waals surface area contributed by atoms with E-state index in [9.17, 15) is 4.39 Å². The molecule has 0 amide bonds. The van der Waals surface area contributed by atoms with Gasteiger partial charge >= 0.3 is 0 Å². The first-order chi connectivity index (χ1) is 9.22. The third-order valence-corrected chi connectivity index (χ3v) is 3.24. The van der Waals surface area contributed by atoms with Crippen LogP contribution in [0.2, 0.25) is 5.02 Å². The lowest BCUT2D eigenvalue weighted by atomic mass is 10.1. The molecular formula is C14H15ClFN3. The molecule has 1 aromatic heterocycles. The molecule has 100 valence electrons. The Morgan fingerprint density at radius 3 is 2.79 bits per heavy atom. The molecule has 0 radical (unpaired) electrons. The molecule has 3 nitrogen and oxygen atoms in total. The van der Waals surface area contributed by atoms with E-state index in [1.165, 1.54) is 12.4 Å². The van der Waals surface area contributed by atoms with E-state index in [0.717, 1.165) is 12.1 Å². The molecule has 0 atom stereocenters. The number of benzene rings is 1. The van der Waals surface area contributed by atoms with E-state index in [0.29, 0.717) is 29.4 Å². The van der Waals surface area contributed by atoms with Crippen molar-refractivity contribution in [3.05, 3.63) is 52.7 Å². The summed E-state index contributed by atoms with van der Waals surface area (Å²) in [5.74, 6) is 0.414. The monoisotopic (exact) mass is 279 g/mol. The van der Waals surface area contributed by atoms with E-state index in [2.05, 4.69) is 15.3 Å². The van der Waals surface area contributed by atoms with Crippen LogP contribution in [0.1, 0.15) is 18.2 Å². The number of rotatable bonds is 5. The summed E-state index contributed by atoms with van der Waals surface area (Å²) in [4.78, 5) is 8.19. The van der Waals surface area contributed by atoms with Gasteiger partial charge in [0, 0.05) is 6.54 Å². The minimum absolute atomic E-state index is 0.188. The number of nitrogens with zero attached hydrogens (tertiary/aromatic N) is 2. The molecule has 0 aliphatic carbocycles. The molecule has 0 spiro atoms. The van der Waals surface area contributed by atoms with Crippen LogP contribution in [0.15, 0.2) is 30.6 Å². The number of anilines is 1. The summed E-state index contributed by atoms with van der Waals surface area (Å²) in [5, 5.41) is 3.65. The van der Waals surface area contributed by atoms with Crippen LogP contribution >= 0.6 is 11.6 Å². The summed E-state index contributed by atoms with van der Waals surface area (Å²) >= 11 is 6.16. The largest absolute Gasteiger partial charge is 0.368 e. The zero-order valence-corrected chi connectivity index (χ0v) is 11.4. The van der Waals surface area contributed by atoms with Crippen molar-refractivity contribution >= 4 is 17.4 Å². The van der Waals surface area contributed by atoms with Crippen LogP contribution in [0.4, 0.5) is 10.2 Å². The highest BCUT2D eigenvalue weighted by molar-refractivity contribution is 6.33. The van der Waals surface area contributed by atoms with Gasteiger partial charge in [0.25, 0.3) is 0 Å². The van der Waals surface area contributed by atoms with Crippen LogP contribution in [0.25, 0.3) is 0 Å². The summed E-state index contributed by atoms with van der Waals surface area (Å²) in [7, 11) is 0. The van der Waals surface area contributed by atoms with Crippen LogP contribution < -0.4 is 5.32 Å². The number of hydrogen-bond acceptors (Lipinski definition) is 3. The second-order valence-corrected chi connectivity index (χ2v) is 4.48. The van der Waals surface area contributed by atoms with Crippen LogP contribution in [-0.4, -0.2) is 16.5 Å². The van der Waals surface area contributed by atoms with E-state index in [1.54, 1.807) is 12.1 Å². The summed E-state index contributed by atoms with van der Waals surface area (Å²) in [5.41, 5.74) is 1.49. The predicted octanol–water partition coefficient (Wildman–Crippen LogP) is 3.49. The summed E-state index contributed by atoms with van der Waals surface area (Å²) < 4.78 is 13.4. The van der Waals surface area contributed by atoms with Crippen LogP contribution in [0.5, 0.6) is 0 Å². The maximum absolute atomic E-state index is 13.4. The highest BCUT2D eigenvalue weighted by Gasteiger charge is 2.07. The third-order valence-electron chi connectivity index (χ3n) is 2.84.